The van der Waals surface area contributed by atoms with Crippen LogP contribution in [-0.2, 0) is 6.42 Å². The molecule has 1 aromatic carbocycles. The Morgan fingerprint density at radius 1 is 1.00 bits per heavy atom. The quantitative estimate of drug-likeness (QED) is 0.658. The first kappa shape index (κ1) is 13.2. The third kappa shape index (κ3) is 5.92. The summed E-state index contributed by atoms with van der Waals surface area (Å²) in [6.45, 7) is 2.21. The molecule has 0 aliphatic heterocycles. The molecule has 1 aromatic rings. The number of rotatable bonds is 8. The van der Waals surface area contributed by atoms with Gasteiger partial charge in [0.2, 0.25) is 0 Å². The molecule has 0 heterocycles. The van der Waals surface area contributed by atoms with Crippen LogP contribution in [0.25, 0.3) is 0 Å². The van der Waals surface area contributed by atoms with E-state index >= 15 is 0 Å². The normalized spacial score (nSPS) is 12.6. The van der Waals surface area contributed by atoms with Gasteiger partial charge in [0.1, 0.15) is 0 Å². The minimum atomic E-state index is -0.114. The molecule has 90 valence electrons. The molecule has 1 atom stereocenters. The summed E-state index contributed by atoms with van der Waals surface area (Å²) in [5.41, 5.74) is 1.33. The molecule has 1 nitrogen and oxygen atoms in total. The van der Waals surface area contributed by atoms with Crippen LogP contribution in [-0.4, -0.2) is 11.2 Å². The molecule has 0 fully saturated rings. The SMILES string of the molecule is CCCCCC[C@@H](O)CCc1ccccc1. The van der Waals surface area contributed by atoms with Crippen molar-refractivity contribution < 1.29 is 5.11 Å². The van der Waals surface area contributed by atoms with Gasteiger partial charge >= 0.3 is 0 Å². The van der Waals surface area contributed by atoms with Gasteiger partial charge in [-0.05, 0) is 24.8 Å². The Morgan fingerprint density at radius 3 is 2.44 bits per heavy atom. The maximum atomic E-state index is 9.81. The van der Waals surface area contributed by atoms with E-state index in [1.54, 1.807) is 0 Å². The maximum Gasteiger partial charge on any atom is 0.0543 e. The topological polar surface area (TPSA) is 20.2 Å². The molecule has 0 amide bonds. The smallest absolute Gasteiger partial charge is 0.0543 e. The second-order valence-electron chi connectivity index (χ2n) is 4.53. The minimum absolute atomic E-state index is 0.114. The fraction of sp³-hybridized carbons (Fsp3) is 0.600. The van der Waals surface area contributed by atoms with Gasteiger partial charge < -0.3 is 5.11 Å². The number of hydrogen-bond donors (Lipinski definition) is 1. The molecule has 1 heteroatoms. The van der Waals surface area contributed by atoms with Crippen LogP contribution in [0.5, 0.6) is 0 Å². The lowest BCUT2D eigenvalue weighted by Gasteiger charge is -2.10. The zero-order valence-electron chi connectivity index (χ0n) is 10.4. The van der Waals surface area contributed by atoms with Crippen LogP contribution in [0.4, 0.5) is 0 Å². The Bertz CT molecular complexity index is 255. The highest BCUT2D eigenvalue weighted by molar-refractivity contribution is 5.14. The van der Waals surface area contributed by atoms with Gasteiger partial charge in [-0.1, -0.05) is 62.9 Å². The first-order valence-electron chi connectivity index (χ1n) is 6.55. The second-order valence-corrected chi connectivity index (χ2v) is 4.53. The molecule has 1 N–H and O–H groups in total. The molecule has 0 spiro atoms. The summed E-state index contributed by atoms with van der Waals surface area (Å²) in [4.78, 5) is 0. The van der Waals surface area contributed by atoms with Gasteiger partial charge in [-0.25, -0.2) is 0 Å². The van der Waals surface area contributed by atoms with E-state index < -0.39 is 0 Å². The van der Waals surface area contributed by atoms with Gasteiger partial charge in [0.25, 0.3) is 0 Å². The van der Waals surface area contributed by atoms with Crippen molar-refractivity contribution >= 4 is 0 Å². The van der Waals surface area contributed by atoms with E-state index in [4.69, 9.17) is 0 Å². The highest BCUT2D eigenvalue weighted by Gasteiger charge is 2.03. The van der Waals surface area contributed by atoms with Crippen molar-refractivity contribution in [2.45, 2.75) is 58.0 Å². The monoisotopic (exact) mass is 220 g/mol. The predicted molar refractivity (Wildman–Crippen MR) is 69.5 cm³/mol. The Labute approximate surface area is 99.5 Å². The average Bonchev–Trinajstić information content (AvgIpc) is 2.33. The molecule has 0 aliphatic carbocycles. The average molecular weight is 220 g/mol. The van der Waals surface area contributed by atoms with Crippen LogP contribution in [0.1, 0.15) is 51.0 Å². The van der Waals surface area contributed by atoms with Crippen molar-refractivity contribution in [2.24, 2.45) is 0 Å². The van der Waals surface area contributed by atoms with Crippen molar-refractivity contribution in [3.63, 3.8) is 0 Å². The van der Waals surface area contributed by atoms with E-state index in [1.807, 2.05) is 6.07 Å². The third-order valence-corrected chi connectivity index (χ3v) is 3.00. The first-order valence-corrected chi connectivity index (χ1v) is 6.55. The first-order chi connectivity index (χ1) is 7.83. The fourth-order valence-electron chi connectivity index (χ4n) is 1.93. The van der Waals surface area contributed by atoms with E-state index in [0.717, 1.165) is 19.3 Å². The standard InChI is InChI=1S/C15H24O/c1-2-3-4-8-11-15(16)13-12-14-9-6-5-7-10-14/h5-7,9-10,15-16H,2-4,8,11-13H2,1H3/t15-/m1/s1. The van der Waals surface area contributed by atoms with E-state index in [1.165, 1.54) is 31.2 Å². The number of aryl methyl sites for hydroxylation is 1. The summed E-state index contributed by atoms with van der Waals surface area (Å²) < 4.78 is 0. The summed E-state index contributed by atoms with van der Waals surface area (Å²) in [6.07, 6.45) is 7.74. The molecule has 0 bridgehead atoms. The highest BCUT2D eigenvalue weighted by atomic mass is 16.3. The Kier molecular flexibility index (Phi) is 6.91. The van der Waals surface area contributed by atoms with Gasteiger partial charge in [0.15, 0.2) is 0 Å². The van der Waals surface area contributed by atoms with Crippen molar-refractivity contribution in [3.8, 4) is 0 Å². The lowest BCUT2D eigenvalue weighted by Crippen LogP contribution is -2.07. The van der Waals surface area contributed by atoms with E-state index in [9.17, 15) is 5.11 Å². The molecule has 0 saturated heterocycles. The highest BCUT2D eigenvalue weighted by Crippen LogP contribution is 2.11. The summed E-state index contributed by atoms with van der Waals surface area (Å²) in [5.74, 6) is 0. The summed E-state index contributed by atoms with van der Waals surface area (Å²) in [5, 5.41) is 9.81. The fourth-order valence-corrected chi connectivity index (χ4v) is 1.93. The molecular weight excluding hydrogens is 196 g/mol. The Morgan fingerprint density at radius 2 is 1.75 bits per heavy atom. The van der Waals surface area contributed by atoms with Crippen molar-refractivity contribution in [1.82, 2.24) is 0 Å². The van der Waals surface area contributed by atoms with Crippen LogP contribution >= 0.6 is 0 Å². The largest absolute Gasteiger partial charge is 0.393 e. The molecule has 16 heavy (non-hydrogen) atoms. The van der Waals surface area contributed by atoms with Gasteiger partial charge in [-0.3, -0.25) is 0 Å². The lowest BCUT2D eigenvalue weighted by atomic mass is 10.0. The van der Waals surface area contributed by atoms with Crippen LogP contribution in [0, 0.1) is 0 Å². The maximum absolute atomic E-state index is 9.81. The van der Waals surface area contributed by atoms with Gasteiger partial charge in [0.05, 0.1) is 6.10 Å². The molecule has 0 saturated carbocycles. The zero-order chi connectivity index (χ0) is 11.6. The number of aliphatic hydroxyl groups is 1. The van der Waals surface area contributed by atoms with E-state index in [-0.39, 0.29) is 6.10 Å². The minimum Gasteiger partial charge on any atom is -0.393 e. The molecule has 0 aromatic heterocycles. The van der Waals surface area contributed by atoms with Crippen molar-refractivity contribution in [1.29, 1.82) is 0 Å². The van der Waals surface area contributed by atoms with E-state index in [0.29, 0.717) is 0 Å². The molecule has 0 radical (unpaired) electrons. The van der Waals surface area contributed by atoms with Gasteiger partial charge in [0, 0.05) is 0 Å². The Balaban J connectivity index is 2.08. The van der Waals surface area contributed by atoms with Crippen molar-refractivity contribution in [3.05, 3.63) is 35.9 Å². The molecule has 0 unspecified atom stereocenters. The van der Waals surface area contributed by atoms with Crippen LogP contribution in [0.15, 0.2) is 30.3 Å². The summed E-state index contributed by atoms with van der Waals surface area (Å²) in [6, 6.07) is 10.4. The van der Waals surface area contributed by atoms with Gasteiger partial charge in [-0.2, -0.15) is 0 Å². The third-order valence-electron chi connectivity index (χ3n) is 3.00. The van der Waals surface area contributed by atoms with Crippen molar-refractivity contribution in [2.75, 3.05) is 0 Å². The molecular formula is C15H24O. The predicted octanol–water partition coefficient (Wildman–Crippen LogP) is 3.95. The molecule has 1 rings (SSSR count). The lowest BCUT2D eigenvalue weighted by molar-refractivity contribution is 0.151. The summed E-state index contributed by atoms with van der Waals surface area (Å²) in [7, 11) is 0. The van der Waals surface area contributed by atoms with Gasteiger partial charge in [-0.15, -0.1) is 0 Å². The molecule has 0 aliphatic rings. The number of benzene rings is 1. The zero-order valence-corrected chi connectivity index (χ0v) is 10.4. The van der Waals surface area contributed by atoms with Crippen LogP contribution in [0.3, 0.4) is 0 Å². The van der Waals surface area contributed by atoms with Crippen LogP contribution < -0.4 is 0 Å². The Hall–Kier alpha value is -0.820. The number of hydrogen-bond acceptors (Lipinski definition) is 1. The summed E-state index contributed by atoms with van der Waals surface area (Å²) >= 11 is 0. The second kappa shape index (κ2) is 8.35. The van der Waals surface area contributed by atoms with Crippen LogP contribution in [0.2, 0.25) is 0 Å². The van der Waals surface area contributed by atoms with E-state index in [2.05, 4.69) is 31.2 Å². The number of aliphatic hydroxyl groups excluding tert-OH is 1. The number of unbranched alkanes of at least 4 members (excludes halogenated alkanes) is 3.